The Bertz CT molecular complexity index is 630. The van der Waals surface area contributed by atoms with E-state index in [1.54, 1.807) is 42.5 Å². The zero-order valence-corrected chi connectivity index (χ0v) is 13.2. The minimum absolute atomic E-state index is 0.000227. The quantitative estimate of drug-likeness (QED) is 0.804. The van der Waals surface area contributed by atoms with Crippen molar-refractivity contribution in [3.05, 3.63) is 60.2 Å². The molecule has 0 spiro atoms. The fraction of sp³-hybridized carbons (Fsp3) is 0.250. The molecule has 0 saturated heterocycles. The van der Waals surface area contributed by atoms with E-state index >= 15 is 0 Å². The van der Waals surface area contributed by atoms with Crippen molar-refractivity contribution in [2.45, 2.75) is 26.2 Å². The summed E-state index contributed by atoms with van der Waals surface area (Å²) in [6.45, 7) is 6.25. The smallest absolute Gasteiger partial charge is 0.372 e. The second kappa shape index (κ2) is 5.92. The lowest BCUT2D eigenvalue weighted by atomic mass is 9.87. The molecule has 1 unspecified atom stereocenters. The molecule has 0 amide bonds. The molecule has 112 valence electrons. The average molecular weight is 305 g/mol. The van der Waals surface area contributed by atoms with Crippen LogP contribution >= 0.6 is 7.82 Å². The van der Waals surface area contributed by atoms with Crippen LogP contribution < -0.4 is 13.9 Å². The van der Waals surface area contributed by atoms with Crippen molar-refractivity contribution < 1.29 is 18.5 Å². The van der Waals surface area contributed by atoms with E-state index in [1.807, 2.05) is 12.1 Å². The Labute approximate surface area is 125 Å². The van der Waals surface area contributed by atoms with E-state index in [-0.39, 0.29) is 16.9 Å². The number of hydrogen-bond donors (Lipinski definition) is 0. The maximum atomic E-state index is 11.8. The minimum atomic E-state index is -4.44. The van der Waals surface area contributed by atoms with E-state index in [1.165, 1.54) is 0 Å². The zero-order valence-electron chi connectivity index (χ0n) is 12.3. The summed E-state index contributed by atoms with van der Waals surface area (Å²) in [5, 5.41) is 0. The van der Waals surface area contributed by atoms with Crippen molar-refractivity contribution in [3.63, 3.8) is 0 Å². The normalized spacial score (nSPS) is 14.3. The van der Waals surface area contributed by atoms with Crippen molar-refractivity contribution in [1.29, 1.82) is 0 Å². The van der Waals surface area contributed by atoms with Gasteiger partial charge in [-0.25, -0.2) is 4.57 Å². The SMILES string of the molecule is CC(C)(C)c1ccc(OP(=O)([O-])Oc2ccccc2)cc1. The Kier molecular flexibility index (Phi) is 4.40. The summed E-state index contributed by atoms with van der Waals surface area (Å²) < 4.78 is 21.7. The van der Waals surface area contributed by atoms with Crippen LogP contribution in [0.3, 0.4) is 0 Å². The molecule has 2 aromatic carbocycles. The summed E-state index contributed by atoms with van der Waals surface area (Å²) >= 11 is 0. The Balaban J connectivity index is 2.08. The summed E-state index contributed by atoms with van der Waals surface area (Å²) in [7, 11) is -4.44. The number of benzene rings is 2. The van der Waals surface area contributed by atoms with Gasteiger partial charge in [-0.05, 0) is 35.2 Å². The van der Waals surface area contributed by atoms with E-state index in [9.17, 15) is 9.46 Å². The largest absolute Gasteiger partial charge is 0.736 e. The van der Waals surface area contributed by atoms with Gasteiger partial charge < -0.3 is 13.9 Å². The van der Waals surface area contributed by atoms with Crippen LogP contribution in [0, 0.1) is 0 Å². The molecule has 0 radical (unpaired) electrons. The van der Waals surface area contributed by atoms with Crippen LogP contribution in [0.5, 0.6) is 11.5 Å². The van der Waals surface area contributed by atoms with Crippen molar-refractivity contribution >= 4 is 7.82 Å². The lowest BCUT2D eigenvalue weighted by Gasteiger charge is -2.24. The van der Waals surface area contributed by atoms with Gasteiger partial charge in [-0.2, -0.15) is 0 Å². The number of phosphoric acid groups is 1. The monoisotopic (exact) mass is 305 g/mol. The molecular weight excluding hydrogens is 287 g/mol. The number of para-hydroxylation sites is 1. The number of phosphoric ester groups is 1. The van der Waals surface area contributed by atoms with Crippen LogP contribution in [0.2, 0.25) is 0 Å². The molecule has 0 aliphatic rings. The highest BCUT2D eigenvalue weighted by Gasteiger charge is 2.16. The summed E-state index contributed by atoms with van der Waals surface area (Å²) in [5.74, 6) is 0.458. The molecule has 4 nitrogen and oxygen atoms in total. The lowest BCUT2D eigenvalue weighted by molar-refractivity contribution is -0.208. The molecule has 1 atom stereocenters. The second-order valence-corrected chi connectivity index (χ2v) is 6.98. The maximum absolute atomic E-state index is 11.8. The fourth-order valence-corrected chi connectivity index (χ4v) is 2.57. The first kappa shape index (κ1) is 15.6. The molecule has 0 aliphatic carbocycles. The van der Waals surface area contributed by atoms with Crippen LogP contribution in [0.4, 0.5) is 0 Å². The molecule has 21 heavy (non-hydrogen) atoms. The molecule has 2 aromatic rings. The van der Waals surface area contributed by atoms with Gasteiger partial charge in [0.25, 0.3) is 0 Å². The van der Waals surface area contributed by atoms with E-state index < -0.39 is 7.82 Å². The third kappa shape index (κ3) is 4.62. The predicted octanol–water partition coefficient (Wildman–Crippen LogP) is 3.91. The Hall–Kier alpha value is -1.77. The highest BCUT2D eigenvalue weighted by Crippen LogP contribution is 2.40. The molecule has 0 aliphatic heterocycles. The van der Waals surface area contributed by atoms with Gasteiger partial charge in [0.15, 0.2) is 0 Å². The van der Waals surface area contributed by atoms with Gasteiger partial charge in [-0.1, -0.05) is 51.1 Å². The second-order valence-electron chi connectivity index (χ2n) is 5.72. The van der Waals surface area contributed by atoms with Gasteiger partial charge >= 0.3 is 7.82 Å². The highest BCUT2D eigenvalue weighted by atomic mass is 31.2. The van der Waals surface area contributed by atoms with Crippen molar-refractivity contribution in [3.8, 4) is 11.5 Å². The van der Waals surface area contributed by atoms with Crippen molar-refractivity contribution in [2.75, 3.05) is 0 Å². The van der Waals surface area contributed by atoms with E-state index in [0.717, 1.165) is 5.56 Å². The Morgan fingerprint density at radius 3 is 1.81 bits per heavy atom. The maximum Gasteiger partial charge on any atom is 0.372 e. The molecule has 5 heteroatoms. The molecule has 0 N–H and O–H groups in total. The number of hydrogen-bond acceptors (Lipinski definition) is 4. The third-order valence-corrected chi connectivity index (χ3v) is 3.77. The summed E-state index contributed by atoms with van der Waals surface area (Å²) in [6.07, 6.45) is 0. The van der Waals surface area contributed by atoms with Gasteiger partial charge in [-0.3, -0.25) is 0 Å². The zero-order chi connectivity index (χ0) is 15.5. The van der Waals surface area contributed by atoms with Gasteiger partial charge in [0, 0.05) is 0 Å². The van der Waals surface area contributed by atoms with Crippen LogP contribution in [0.15, 0.2) is 54.6 Å². The molecule has 0 fully saturated rings. The van der Waals surface area contributed by atoms with Gasteiger partial charge in [-0.15, -0.1) is 0 Å². The molecule has 0 heterocycles. The van der Waals surface area contributed by atoms with Gasteiger partial charge in [0.1, 0.15) is 11.5 Å². The standard InChI is InChI=1S/C16H19O4P/c1-16(2,3)13-9-11-15(12-10-13)20-21(17,18)19-14-7-5-4-6-8-14/h4-12H,1-3H3,(H,17,18)/p-1. The van der Waals surface area contributed by atoms with Crippen LogP contribution in [-0.2, 0) is 9.98 Å². The van der Waals surface area contributed by atoms with E-state index in [2.05, 4.69) is 20.8 Å². The average Bonchev–Trinajstić information content (AvgIpc) is 2.38. The highest BCUT2D eigenvalue weighted by molar-refractivity contribution is 7.46. The van der Waals surface area contributed by atoms with Crippen LogP contribution in [0.1, 0.15) is 26.3 Å². The molecular formula is C16H18O4P-. The minimum Gasteiger partial charge on any atom is -0.736 e. The number of rotatable bonds is 4. The summed E-state index contributed by atoms with van der Waals surface area (Å²) in [6, 6.07) is 15.2. The summed E-state index contributed by atoms with van der Waals surface area (Å²) in [5.41, 5.74) is 1.10. The molecule has 0 aromatic heterocycles. The Morgan fingerprint density at radius 2 is 1.33 bits per heavy atom. The molecule has 0 bridgehead atoms. The summed E-state index contributed by atoms with van der Waals surface area (Å²) in [4.78, 5) is 11.8. The van der Waals surface area contributed by atoms with Crippen LogP contribution in [-0.4, -0.2) is 0 Å². The van der Waals surface area contributed by atoms with Crippen molar-refractivity contribution in [2.24, 2.45) is 0 Å². The first-order chi connectivity index (χ1) is 9.76. The molecule has 0 saturated carbocycles. The lowest BCUT2D eigenvalue weighted by Crippen LogP contribution is -2.13. The van der Waals surface area contributed by atoms with E-state index in [4.69, 9.17) is 9.05 Å². The van der Waals surface area contributed by atoms with Crippen LogP contribution in [0.25, 0.3) is 0 Å². The Morgan fingerprint density at radius 1 is 0.857 bits per heavy atom. The third-order valence-electron chi connectivity index (χ3n) is 2.90. The first-order valence-electron chi connectivity index (χ1n) is 6.62. The predicted molar refractivity (Wildman–Crippen MR) is 80.4 cm³/mol. The van der Waals surface area contributed by atoms with Gasteiger partial charge in [0.05, 0.1) is 0 Å². The first-order valence-corrected chi connectivity index (χ1v) is 8.08. The molecule has 2 rings (SSSR count). The fourth-order valence-electron chi connectivity index (χ4n) is 1.77. The topological polar surface area (TPSA) is 58.6 Å². The van der Waals surface area contributed by atoms with Gasteiger partial charge in [0.2, 0.25) is 0 Å². The van der Waals surface area contributed by atoms with E-state index in [0.29, 0.717) is 0 Å². The van der Waals surface area contributed by atoms with Crippen molar-refractivity contribution in [1.82, 2.24) is 0 Å².